The molecule has 1 fully saturated rings. The second-order valence-corrected chi connectivity index (χ2v) is 7.80. The summed E-state index contributed by atoms with van der Waals surface area (Å²) in [5.41, 5.74) is 1.69. The molecule has 0 N–H and O–H groups in total. The molecule has 2 aromatic carbocycles. The van der Waals surface area contributed by atoms with Crippen LogP contribution in [0.15, 0.2) is 30.3 Å². The highest BCUT2D eigenvalue weighted by Gasteiger charge is 2.23. The molecule has 0 amide bonds. The van der Waals surface area contributed by atoms with Gasteiger partial charge in [0.15, 0.2) is 17.9 Å². The van der Waals surface area contributed by atoms with E-state index < -0.39 is 11.6 Å². The largest absolute Gasteiger partial charge is 0.377 e. The van der Waals surface area contributed by atoms with E-state index in [9.17, 15) is 18.0 Å². The maximum atomic E-state index is 14.3. The Morgan fingerprint density at radius 1 is 1.00 bits per heavy atom. The molecule has 0 unspecified atom stereocenters. The average molecular weight is 404 g/mol. The van der Waals surface area contributed by atoms with Gasteiger partial charge >= 0.3 is 0 Å². The lowest BCUT2D eigenvalue weighted by molar-refractivity contribution is 0.111. The van der Waals surface area contributed by atoms with Gasteiger partial charge in [0.25, 0.3) is 0 Å². The van der Waals surface area contributed by atoms with Gasteiger partial charge in [-0.1, -0.05) is 18.2 Å². The molecule has 0 bridgehead atoms. The van der Waals surface area contributed by atoms with Gasteiger partial charge in [-0.3, -0.25) is 4.79 Å². The fraction of sp³-hybridized carbons (Fsp3) is 0.458. The molecular weight excluding hydrogens is 377 g/mol. The number of ether oxygens (including phenoxy) is 1. The van der Waals surface area contributed by atoms with E-state index in [2.05, 4.69) is 0 Å². The van der Waals surface area contributed by atoms with Crippen LogP contribution in [0.1, 0.15) is 72.0 Å². The van der Waals surface area contributed by atoms with Crippen LogP contribution >= 0.6 is 0 Å². The maximum absolute atomic E-state index is 14.3. The van der Waals surface area contributed by atoms with Crippen LogP contribution in [0.5, 0.6) is 0 Å². The summed E-state index contributed by atoms with van der Waals surface area (Å²) in [7, 11) is 0. The molecule has 3 rings (SSSR count). The lowest BCUT2D eigenvalue weighted by atomic mass is 9.76. The van der Waals surface area contributed by atoms with Crippen molar-refractivity contribution in [1.82, 2.24) is 0 Å². The molecule has 1 aliphatic rings. The van der Waals surface area contributed by atoms with Crippen LogP contribution in [0.25, 0.3) is 0 Å². The first kappa shape index (κ1) is 21.6. The van der Waals surface area contributed by atoms with Crippen LogP contribution in [0.4, 0.5) is 13.2 Å². The minimum absolute atomic E-state index is 0.214. The van der Waals surface area contributed by atoms with E-state index in [0.717, 1.165) is 37.7 Å². The SMILES string of the molecule is CCOCc1ccc(C2CCC(CCc3ccc(C=O)c(F)c3F)CC2)cc1F. The third-order valence-electron chi connectivity index (χ3n) is 6.00. The summed E-state index contributed by atoms with van der Waals surface area (Å²) in [6.07, 6.45) is 5.48. The average Bonchev–Trinajstić information content (AvgIpc) is 2.74. The standard InChI is InChI=1S/C24H27F3O2/c1-2-29-15-21-12-10-19(13-22(21)25)17-6-3-16(4-7-17)5-8-18-9-11-20(14-28)24(27)23(18)26/h9-14,16-17H,2-8,15H2,1H3. The Hall–Kier alpha value is -2.14. The lowest BCUT2D eigenvalue weighted by Gasteiger charge is -2.29. The number of carbonyl (C=O) groups is 1. The molecule has 1 aliphatic carbocycles. The molecule has 0 spiro atoms. The molecule has 2 nitrogen and oxygen atoms in total. The van der Waals surface area contributed by atoms with Crippen molar-refractivity contribution in [3.63, 3.8) is 0 Å². The molecule has 5 heteroatoms. The van der Waals surface area contributed by atoms with Crippen LogP contribution < -0.4 is 0 Å². The Balaban J connectivity index is 1.53. The third-order valence-corrected chi connectivity index (χ3v) is 6.00. The molecule has 1 saturated carbocycles. The van der Waals surface area contributed by atoms with E-state index in [1.165, 1.54) is 12.1 Å². The van der Waals surface area contributed by atoms with Crippen molar-refractivity contribution in [3.05, 3.63) is 70.0 Å². The Labute approximate surface area is 170 Å². The summed E-state index contributed by atoms with van der Waals surface area (Å²) >= 11 is 0. The zero-order valence-corrected chi connectivity index (χ0v) is 16.7. The van der Waals surface area contributed by atoms with Crippen molar-refractivity contribution in [1.29, 1.82) is 0 Å². The number of benzene rings is 2. The van der Waals surface area contributed by atoms with Gasteiger partial charge in [-0.25, -0.2) is 13.2 Å². The smallest absolute Gasteiger partial charge is 0.169 e. The van der Waals surface area contributed by atoms with Crippen LogP contribution in [-0.2, 0) is 17.8 Å². The summed E-state index contributed by atoms with van der Waals surface area (Å²) in [5, 5.41) is 0. The highest BCUT2D eigenvalue weighted by atomic mass is 19.2. The Morgan fingerprint density at radius 2 is 1.72 bits per heavy atom. The number of rotatable bonds is 8. The van der Waals surface area contributed by atoms with Gasteiger partial charge in [-0.2, -0.15) is 0 Å². The highest BCUT2D eigenvalue weighted by molar-refractivity contribution is 5.75. The predicted molar refractivity (Wildman–Crippen MR) is 106 cm³/mol. The first-order valence-corrected chi connectivity index (χ1v) is 10.3. The molecule has 2 aromatic rings. The summed E-state index contributed by atoms with van der Waals surface area (Å²) in [6, 6.07) is 8.27. The predicted octanol–water partition coefficient (Wildman–Crippen LogP) is 6.36. The fourth-order valence-corrected chi connectivity index (χ4v) is 4.18. The minimum atomic E-state index is -1.06. The van der Waals surface area contributed by atoms with Gasteiger partial charge < -0.3 is 4.74 Å². The number of carbonyl (C=O) groups excluding carboxylic acids is 1. The van der Waals surface area contributed by atoms with E-state index >= 15 is 0 Å². The molecule has 0 atom stereocenters. The molecule has 0 radical (unpaired) electrons. The van der Waals surface area contributed by atoms with Gasteiger partial charge in [0, 0.05) is 12.2 Å². The Morgan fingerprint density at radius 3 is 2.38 bits per heavy atom. The monoisotopic (exact) mass is 404 g/mol. The first-order valence-electron chi connectivity index (χ1n) is 10.3. The van der Waals surface area contributed by atoms with Gasteiger partial charge in [0.05, 0.1) is 12.2 Å². The van der Waals surface area contributed by atoms with Crippen molar-refractivity contribution in [2.75, 3.05) is 6.61 Å². The fourth-order valence-electron chi connectivity index (χ4n) is 4.18. The molecular formula is C24H27F3O2. The van der Waals surface area contributed by atoms with Crippen LogP contribution in [0.2, 0.25) is 0 Å². The van der Waals surface area contributed by atoms with Gasteiger partial charge in [-0.05, 0) is 80.5 Å². The Bertz CT molecular complexity index is 842. The number of halogens is 3. The zero-order chi connectivity index (χ0) is 20.8. The summed E-state index contributed by atoms with van der Waals surface area (Å²) in [5.74, 6) is -1.40. The third kappa shape index (κ3) is 5.27. The van der Waals surface area contributed by atoms with E-state index in [1.807, 2.05) is 19.1 Å². The molecule has 156 valence electrons. The van der Waals surface area contributed by atoms with E-state index in [4.69, 9.17) is 4.74 Å². The summed E-state index contributed by atoms with van der Waals surface area (Å²) in [4.78, 5) is 10.7. The number of aldehydes is 1. The quantitative estimate of drug-likeness (QED) is 0.479. The number of hydrogen-bond donors (Lipinski definition) is 0. The second-order valence-electron chi connectivity index (χ2n) is 7.80. The minimum Gasteiger partial charge on any atom is -0.377 e. The lowest BCUT2D eigenvalue weighted by Crippen LogP contribution is -2.15. The molecule has 0 aliphatic heterocycles. The van der Waals surface area contributed by atoms with Crippen molar-refractivity contribution in [3.8, 4) is 0 Å². The van der Waals surface area contributed by atoms with Crippen molar-refractivity contribution >= 4 is 6.29 Å². The molecule has 0 aromatic heterocycles. The number of aryl methyl sites for hydroxylation is 1. The zero-order valence-electron chi connectivity index (χ0n) is 16.7. The molecule has 0 saturated heterocycles. The molecule has 29 heavy (non-hydrogen) atoms. The maximum Gasteiger partial charge on any atom is 0.169 e. The Kier molecular flexibility index (Phi) is 7.48. The second kappa shape index (κ2) is 10.1. The van der Waals surface area contributed by atoms with Gasteiger partial charge in [-0.15, -0.1) is 0 Å². The topological polar surface area (TPSA) is 26.3 Å². The first-order chi connectivity index (χ1) is 14.0. The van der Waals surface area contributed by atoms with E-state index in [-0.39, 0.29) is 11.4 Å². The van der Waals surface area contributed by atoms with Crippen molar-refractivity contribution in [2.45, 2.75) is 58.0 Å². The highest BCUT2D eigenvalue weighted by Crippen LogP contribution is 2.38. The summed E-state index contributed by atoms with van der Waals surface area (Å²) in [6.45, 7) is 2.74. The number of hydrogen-bond acceptors (Lipinski definition) is 2. The van der Waals surface area contributed by atoms with Crippen molar-refractivity contribution in [2.24, 2.45) is 5.92 Å². The normalized spacial score (nSPS) is 19.3. The van der Waals surface area contributed by atoms with Gasteiger partial charge in [0.2, 0.25) is 0 Å². The van der Waals surface area contributed by atoms with Crippen molar-refractivity contribution < 1.29 is 22.7 Å². The van der Waals surface area contributed by atoms with Crippen LogP contribution in [-0.4, -0.2) is 12.9 Å². The van der Waals surface area contributed by atoms with E-state index in [1.54, 1.807) is 6.07 Å². The van der Waals surface area contributed by atoms with E-state index in [0.29, 0.717) is 48.9 Å². The van der Waals surface area contributed by atoms with Crippen LogP contribution in [0, 0.1) is 23.4 Å². The van der Waals surface area contributed by atoms with Crippen LogP contribution in [0.3, 0.4) is 0 Å². The molecule has 0 heterocycles. The van der Waals surface area contributed by atoms with Gasteiger partial charge in [0.1, 0.15) is 5.82 Å². The summed E-state index contributed by atoms with van der Waals surface area (Å²) < 4.78 is 47.4.